The standard InChI is InChI=1S/C22H34N4O2/c1-22(2,3)21(28)26-14-8-9-18(26)20(27)24-16-17-10-11-19(23-15-17)25-12-6-4-5-7-13-25/h10-11,15,18H,4-9,12-14,16H2,1-3H3,(H,24,27). The molecule has 6 heteroatoms. The van der Waals surface area contributed by atoms with Gasteiger partial charge in [-0.3, -0.25) is 9.59 Å². The predicted octanol–water partition coefficient (Wildman–Crippen LogP) is 3.12. The van der Waals surface area contributed by atoms with Crippen molar-refractivity contribution in [3.8, 4) is 0 Å². The molecule has 0 spiro atoms. The zero-order valence-electron chi connectivity index (χ0n) is 17.5. The van der Waals surface area contributed by atoms with E-state index in [1.807, 2.05) is 33.0 Å². The Labute approximate surface area is 168 Å². The molecule has 0 bridgehead atoms. The summed E-state index contributed by atoms with van der Waals surface area (Å²) in [5, 5.41) is 3.00. The van der Waals surface area contributed by atoms with Crippen molar-refractivity contribution < 1.29 is 9.59 Å². The lowest BCUT2D eigenvalue weighted by molar-refractivity contribution is -0.144. The molecule has 2 fully saturated rings. The molecule has 1 N–H and O–H groups in total. The van der Waals surface area contributed by atoms with Crippen molar-refractivity contribution in [2.24, 2.45) is 5.41 Å². The van der Waals surface area contributed by atoms with E-state index in [-0.39, 0.29) is 17.9 Å². The molecule has 3 heterocycles. The Morgan fingerprint density at radius 2 is 1.79 bits per heavy atom. The van der Waals surface area contributed by atoms with Gasteiger partial charge in [0.1, 0.15) is 11.9 Å². The van der Waals surface area contributed by atoms with Crippen molar-refractivity contribution in [2.75, 3.05) is 24.5 Å². The average molecular weight is 387 g/mol. The minimum atomic E-state index is -0.462. The maximum Gasteiger partial charge on any atom is 0.243 e. The number of pyridine rings is 1. The number of rotatable bonds is 4. The highest BCUT2D eigenvalue weighted by molar-refractivity contribution is 5.90. The van der Waals surface area contributed by atoms with Crippen LogP contribution in [0.4, 0.5) is 5.82 Å². The fourth-order valence-electron chi connectivity index (χ4n) is 4.03. The van der Waals surface area contributed by atoms with E-state index in [9.17, 15) is 9.59 Å². The number of carbonyl (C=O) groups excluding carboxylic acids is 2. The van der Waals surface area contributed by atoms with Gasteiger partial charge in [-0.2, -0.15) is 0 Å². The lowest BCUT2D eigenvalue weighted by atomic mass is 9.94. The Kier molecular flexibility index (Phi) is 6.57. The third kappa shape index (κ3) is 5.03. The van der Waals surface area contributed by atoms with E-state index in [1.165, 1.54) is 25.7 Å². The van der Waals surface area contributed by atoms with Crippen LogP contribution in [-0.4, -0.2) is 47.4 Å². The quantitative estimate of drug-likeness (QED) is 0.863. The molecule has 28 heavy (non-hydrogen) atoms. The van der Waals surface area contributed by atoms with Crippen LogP contribution in [0.5, 0.6) is 0 Å². The number of carbonyl (C=O) groups is 2. The van der Waals surface area contributed by atoms with Crippen molar-refractivity contribution in [3.05, 3.63) is 23.9 Å². The Morgan fingerprint density at radius 1 is 1.07 bits per heavy atom. The van der Waals surface area contributed by atoms with Crippen molar-refractivity contribution in [2.45, 2.75) is 71.9 Å². The molecule has 1 atom stereocenters. The average Bonchev–Trinajstić information content (AvgIpc) is 3.00. The lowest BCUT2D eigenvalue weighted by Crippen LogP contribution is -2.49. The first-order valence-corrected chi connectivity index (χ1v) is 10.6. The Balaban J connectivity index is 1.54. The number of hydrogen-bond acceptors (Lipinski definition) is 4. The molecule has 6 nitrogen and oxygen atoms in total. The number of anilines is 1. The Bertz CT molecular complexity index is 673. The van der Waals surface area contributed by atoms with Gasteiger partial charge >= 0.3 is 0 Å². The molecule has 1 unspecified atom stereocenters. The van der Waals surface area contributed by atoms with Crippen LogP contribution in [0.1, 0.15) is 64.9 Å². The third-order valence-corrected chi connectivity index (χ3v) is 5.66. The molecule has 2 amide bonds. The van der Waals surface area contributed by atoms with Crippen LogP contribution in [0.2, 0.25) is 0 Å². The van der Waals surface area contributed by atoms with Crippen LogP contribution in [0, 0.1) is 5.41 Å². The SMILES string of the molecule is CC(C)(C)C(=O)N1CCCC1C(=O)NCc1ccc(N2CCCCCC2)nc1. The van der Waals surface area contributed by atoms with Crippen molar-refractivity contribution in [3.63, 3.8) is 0 Å². The van der Waals surface area contributed by atoms with Crippen LogP contribution in [0.3, 0.4) is 0 Å². The van der Waals surface area contributed by atoms with E-state index in [0.29, 0.717) is 13.1 Å². The normalized spacial score (nSPS) is 20.8. The predicted molar refractivity (Wildman–Crippen MR) is 111 cm³/mol. The van der Waals surface area contributed by atoms with Gasteiger partial charge in [0.15, 0.2) is 0 Å². The molecule has 1 aromatic heterocycles. The van der Waals surface area contributed by atoms with Gasteiger partial charge in [0, 0.05) is 37.8 Å². The number of aromatic nitrogens is 1. The summed E-state index contributed by atoms with van der Waals surface area (Å²) in [5.41, 5.74) is 0.522. The number of nitrogens with zero attached hydrogens (tertiary/aromatic N) is 3. The molecule has 2 saturated heterocycles. The van der Waals surface area contributed by atoms with Gasteiger partial charge in [-0.25, -0.2) is 4.98 Å². The maximum atomic E-state index is 12.7. The monoisotopic (exact) mass is 386 g/mol. The summed E-state index contributed by atoms with van der Waals surface area (Å²) < 4.78 is 0. The van der Waals surface area contributed by atoms with E-state index in [1.54, 1.807) is 4.90 Å². The summed E-state index contributed by atoms with van der Waals surface area (Å²) in [5.74, 6) is 1.01. The van der Waals surface area contributed by atoms with Gasteiger partial charge in [-0.1, -0.05) is 39.7 Å². The Morgan fingerprint density at radius 3 is 2.39 bits per heavy atom. The molecular weight excluding hydrogens is 352 g/mol. The van der Waals surface area contributed by atoms with Crippen LogP contribution >= 0.6 is 0 Å². The van der Waals surface area contributed by atoms with Crippen LogP contribution in [0.25, 0.3) is 0 Å². The molecule has 0 radical (unpaired) electrons. The van der Waals surface area contributed by atoms with Crippen LogP contribution in [-0.2, 0) is 16.1 Å². The molecular formula is C22H34N4O2. The molecule has 0 aromatic carbocycles. The summed E-state index contributed by atoms with van der Waals surface area (Å²) >= 11 is 0. The second-order valence-corrected chi connectivity index (χ2v) is 9.05. The zero-order chi connectivity index (χ0) is 20.1. The third-order valence-electron chi connectivity index (χ3n) is 5.66. The van der Waals surface area contributed by atoms with Crippen molar-refractivity contribution >= 4 is 17.6 Å². The van der Waals surface area contributed by atoms with Crippen LogP contribution in [0.15, 0.2) is 18.3 Å². The topological polar surface area (TPSA) is 65.5 Å². The molecule has 1 aromatic rings. The second kappa shape index (κ2) is 8.93. The molecule has 154 valence electrons. The number of hydrogen-bond donors (Lipinski definition) is 1. The van der Waals surface area contributed by atoms with Gasteiger partial charge in [0.25, 0.3) is 0 Å². The van der Waals surface area contributed by atoms with E-state index in [2.05, 4.69) is 21.3 Å². The molecule has 2 aliphatic rings. The molecule has 0 saturated carbocycles. The van der Waals surface area contributed by atoms with Gasteiger partial charge in [0.2, 0.25) is 11.8 Å². The van der Waals surface area contributed by atoms with Crippen molar-refractivity contribution in [1.29, 1.82) is 0 Å². The Hall–Kier alpha value is -2.11. The van der Waals surface area contributed by atoms with E-state index in [0.717, 1.165) is 37.3 Å². The van der Waals surface area contributed by atoms with E-state index in [4.69, 9.17) is 0 Å². The summed E-state index contributed by atoms with van der Waals surface area (Å²) in [7, 11) is 0. The maximum absolute atomic E-state index is 12.7. The first-order chi connectivity index (χ1) is 13.4. The fraction of sp³-hybridized carbons (Fsp3) is 0.682. The summed E-state index contributed by atoms with van der Waals surface area (Å²) in [4.78, 5) is 34.0. The highest BCUT2D eigenvalue weighted by Crippen LogP contribution is 2.25. The minimum absolute atomic E-state index is 0.0496. The zero-order valence-corrected chi connectivity index (χ0v) is 17.5. The smallest absolute Gasteiger partial charge is 0.243 e. The fourth-order valence-corrected chi connectivity index (χ4v) is 4.03. The molecule has 2 aliphatic heterocycles. The van der Waals surface area contributed by atoms with Gasteiger partial charge in [-0.15, -0.1) is 0 Å². The lowest BCUT2D eigenvalue weighted by Gasteiger charge is -2.30. The summed E-state index contributed by atoms with van der Waals surface area (Å²) in [6.07, 6.45) is 8.53. The first-order valence-electron chi connectivity index (χ1n) is 10.6. The summed E-state index contributed by atoms with van der Waals surface area (Å²) in [6.45, 7) is 8.96. The largest absolute Gasteiger partial charge is 0.357 e. The highest BCUT2D eigenvalue weighted by atomic mass is 16.2. The molecule has 3 rings (SSSR count). The first kappa shape index (κ1) is 20.6. The number of likely N-dealkylation sites (tertiary alicyclic amines) is 1. The van der Waals surface area contributed by atoms with Gasteiger partial charge < -0.3 is 15.1 Å². The van der Waals surface area contributed by atoms with Gasteiger partial charge in [-0.05, 0) is 37.3 Å². The number of nitrogens with one attached hydrogen (secondary N) is 1. The van der Waals surface area contributed by atoms with E-state index < -0.39 is 5.41 Å². The minimum Gasteiger partial charge on any atom is -0.357 e. The summed E-state index contributed by atoms with van der Waals surface area (Å²) in [6, 6.07) is 3.74. The molecule has 0 aliphatic carbocycles. The number of amides is 2. The highest BCUT2D eigenvalue weighted by Gasteiger charge is 2.38. The second-order valence-electron chi connectivity index (χ2n) is 9.05. The van der Waals surface area contributed by atoms with E-state index >= 15 is 0 Å². The van der Waals surface area contributed by atoms with Gasteiger partial charge in [0.05, 0.1) is 0 Å². The van der Waals surface area contributed by atoms with Crippen LogP contribution < -0.4 is 10.2 Å². The van der Waals surface area contributed by atoms with Crippen molar-refractivity contribution in [1.82, 2.24) is 15.2 Å².